The van der Waals surface area contributed by atoms with Gasteiger partial charge in [-0.15, -0.1) is 6.58 Å². The van der Waals surface area contributed by atoms with E-state index in [1.807, 2.05) is 17.6 Å². The molecule has 0 atom stereocenters. The highest BCUT2D eigenvalue weighted by atomic mass is 15.1. The van der Waals surface area contributed by atoms with Crippen molar-refractivity contribution in [2.75, 3.05) is 5.73 Å². The van der Waals surface area contributed by atoms with E-state index in [2.05, 4.69) is 25.4 Å². The minimum absolute atomic E-state index is 0.379. The number of aryl methyl sites for hydroxylation is 1. The van der Waals surface area contributed by atoms with Crippen molar-refractivity contribution in [1.29, 1.82) is 0 Å². The van der Waals surface area contributed by atoms with Crippen LogP contribution in [-0.4, -0.2) is 9.55 Å². The summed E-state index contributed by atoms with van der Waals surface area (Å²) in [5.74, 6) is 2.11. The molecule has 0 saturated heterocycles. The van der Waals surface area contributed by atoms with E-state index >= 15 is 0 Å². The highest BCUT2D eigenvalue weighted by Crippen LogP contribution is 2.21. The molecular formula is C10H17N3. The van der Waals surface area contributed by atoms with Crippen molar-refractivity contribution >= 4 is 5.82 Å². The minimum atomic E-state index is 0.379. The quantitative estimate of drug-likeness (QED) is 0.722. The maximum atomic E-state index is 5.94. The maximum Gasteiger partial charge on any atom is 0.127 e. The number of nitrogens with zero attached hydrogens (tertiary/aromatic N) is 2. The first-order chi connectivity index (χ1) is 6.07. The molecule has 1 aromatic rings. The summed E-state index contributed by atoms with van der Waals surface area (Å²) in [5.41, 5.74) is 6.93. The normalized spacial score (nSPS) is 10.8. The highest BCUT2D eigenvalue weighted by molar-refractivity contribution is 5.40. The Hall–Kier alpha value is -1.25. The van der Waals surface area contributed by atoms with Gasteiger partial charge < -0.3 is 10.3 Å². The van der Waals surface area contributed by atoms with Crippen molar-refractivity contribution in [2.24, 2.45) is 0 Å². The summed E-state index contributed by atoms with van der Waals surface area (Å²) in [6.45, 7) is 10.6. The molecule has 0 fully saturated rings. The molecule has 1 rings (SSSR count). The number of hydrogen-bond acceptors (Lipinski definition) is 2. The monoisotopic (exact) mass is 179 g/mol. The van der Waals surface area contributed by atoms with Gasteiger partial charge in [0, 0.05) is 6.54 Å². The maximum absolute atomic E-state index is 5.94. The minimum Gasteiger partial charge on any atom is -0.384 e. The molecule has 1 heterocycles. The molecule has 0 saturated carbocycles. The van der Waals surface area contributed by atoms with Gasteiger partial charge in [-0.25, -0.2) is 4.98 Å². The van der Waals surface area contributed by atoms with Gasteiger partial charge in [0.2, 0.25) is 0 Å². The van der Waals surface area contributed by atoms with Crippen LogP contribution in [-0.2, 0) is 6.54 Å². The van der Waals surface area contributed by atoms with Gasteiger partial charge in [0.25, 0.3) is 0 Å². The van der Waals surface area contributed by atoms with E-state index in [4.69, 9.17) is 5.73 Å². The van der Waals surface area contributed by atoms with Crippen LogP contribution in [0.2, 0.25) is 0 Å². The molecule has 0 radical (unpaired) electrons. The van der Waals surface area contributed by atoms with Gasteiger partial charge >= 0.3 is 0 Å². The van der Waals surface area contributed by atoms with E-state index in [1.165, 1.54) is 0 Å². The van der Waals surface area contributed by atoms with E-state index in [9.17, 15) is 0 Å². The smallest absolute Gasteiger partial charge is 0.127 e. The number of hydrogen-bond donors (Lipinski definition) is 1. The number of rotatable bonds is 3. The third-order valence-corrected chi connectivity index (χ3v) is 2.08. The molecule has 1 aromatic heterocycles. The van der Waals surface area contributed by atoms with Gasteiger partial charge in [-0.05, 0) is 12.8 Å². The molecule has 3 heteroatoms. The van der Waals surface area contributed by atoms with Crippen LogP contribution in [0.5, 0.6) is 0 Å². The third kappa shape index (κ3) is 1.74. The summed E-state index contributed by atoms with van der Waals surface area (Å²) >= 11 is 0. The number of imidazole rings is 1. The van der Waals surface area contributed by atoms with Crippen molar-refractivity contribution in [3.8, 4) is 0 Å². The number of nitrogen functional groups attached to an aromatic ring is 1. The van der Waals surface area contributed by atoms with Crippen molar-refractivity contribution in [1.82, 2.24) is 9.55 Å². The Balaban J connectivity index is 3.13. The molecule has 0 aliphatic carbocycles. The molecule has 0 aromatic carbocycles. The lowest BCUT2D eigenvalue weighted by atomic mass is 10.1. The van der Waals surface area contributed by atoms with E-state index in [1.54, 1.807) is 0 Å². The van der Waals surface area contributed by atoms with Gasteiger partial charge in [-0.2, -0.15) is 0 Å². The zero-order valence-corrected chi connectivity index (χ0v) is 8.54. The standard InChI is InChI=1S/C10H17N3/c1-5-6-13-8(4)12-9(7(2)3)10(13)11/h5,7H,1,6,11H2,2-4H3. The summed E-state index contributed by atoms with van der Waals surface area (Å²) in [5, 5.41) is 0. The second-order valence-electron chi connectivity index (χ2n) is 3.48. The fourth-order valence-electron chi connectivity index (χ4n) is 1.39. The Kier molecular flexibility index (Phi) is 2.76. The summed E-state index contributed by atoms with van der Waals surface area (Å²) < 4.78 is 1.97. The molecule has 0 spiro atoms. The summed E-state index contributed by atoms with van der Waals surface area (Å²) in [7, 11) is 0. The number of allylic oxidation sites excluding steroid dienone is 1. The Labute approximate surface area is 79.3 Å². The predicted octanol–water partition coefficient (Wildman–Crippen LogP) is 2.08. The van der Waals surface area contributed by atoms with Crippen LogP contribution < -0.4 is 5.73 Å². The average Bonchev–Trinajstić information content (AvgIpc) is 2.32. The lowest BCUT2D eigenvalue weighted by molar-refractivity contribution is 0.792. The van der Waals surface area contributed by atoms with E-state index in [-0.39, 0.29) is 0 Å². The van der Waals surface area contributed by atoms with Crippen LogP contribution >= 0.6 is 0 Å². The topological polar surface area (TPSA) is 43.8 Å². The van der Waals surface area contributed by atoms with Crippen LogP contribution in [0.4, 0.5) is 5.82 Å². The Morgan fingerprint density at radius 1 is 1.62 bits per heavy atom. The van der Waals surface area contributed by atoms with Gasteiger partial charge in [-0.1, -0.05) is 19.9 Å². The van der Waals surface area contributed by atoms with Gasteiger partial charge in [-0.3, -0.25) is 0 Å². The van der Waals surface area contributed by atoms with Gasteiger partial charge in [0.15, 0.2) is 0 Å². The number of nitrogens with two attached hydrogens (primary N) is 1. The summed E-state index contributed by atoms with van der Waals surface area (Å²) in [6, 6.07) is 0. The molecular weight excluding hydrogens is 162 g/mol. The molecule has 0 aliphatic heterocycles. The first-order valence-corrected chi connectivity index (χ1v) is 4.51. The predicted molar refractivity (Wildman–Crippen MR) is 55.7 cm³/mol. The Morgan fingerprint density at radius 3 is 2.62 bits per heavy atom. The van der Waals surface area contributed by atoms with Gasteiger partial charge in [0.1, 0.15) is 11.6 Å². The van der Waals surface area contributed by atoms with Crippen molar-refractivity contribution < 1.29 is 0 Å². The van der Waals surface area contributed by atoms with Crippen LogP contribution in [0.15, 0.2) is 12.7 Å². The zero-order chi connectivity index (χ0) is 10.0. The van der Waals surface area contributed by atoms with E-state index in [0.717, 1.165) is 23.9 Å². The molecule has 2 N–H and O–H groups in total. The lowest BCUT2D eigenvalue weighted by Gasteiger charge is -2.05. The highest BCUT2D eigenvalue weighted by Gasteiger charge is 2.12. The average molecular weight is 179 g/mol. The van der Waals surface area contributed by atoms with E-state index < -0.39 is 0 Å². The molecule has 72 valence electrons. The van der Waals surface area contributed by atoms with Crippen LogP contribution in [0.3, 0.4) is 0 Å². The second kappa shape index (κ2) is 3.64. The summed E-state index contributed by atoms with van der Waals surface area (Å²) in [6.07, 6.45) is 1.83. The van der Waals surface area contributed by atoms with Crippen LogP contribution in [0.1, 0.15) is 31.3 Å². The Morgan fingerprint density at radius 2 is 2.23 bits per heavy atom. The van der Waals surface area contributed by atoms with Crippen LogP contribution in [0.25, 0.3) is 0 Å². The number of anilines is 1. The Bertz CT molecular complexity index is 310. The SMILES string of the molecule is C=CCn1c(C)nc(C(C)C)c1N. The van der Waals surface area contributed by atoms with Crippen molar-refractivity contribution in [3.05, 3.63) is 24.2 Å². The molecule has 0 amide bonds. The molecule has 3 nitrogen and oxygen atoms in total. The fourth-order valence-corrected chi connectivity index (χ4v) is 1.39. The molecule has 13 heavy (non-hydrogen) atoms. The molecule has 0 unspecified atom stereocenters. The van der Waals surface area contributed by atoms with E-state index in [0.29, 0.717) is 5.92 Å². The lowest BCUT2D eigenvalue weighted by Crippen LogP contribution is -2.04. The number of aromatic nitrogens is 2. The zero-order valence-electron chi connectivity index (χ0n) is 8.54. The second-order valence-corrected chi connectivity index (χ2v) is 3.48. The largest absolute Gasteiger partial charge is 0.384 e. The molecule has 0 aliphatic rings. The summed E-state index contributed by atoms with van der Waals surface area (Å²) in [4.78, 5) is 4.42. The first kappa shape index (κ1) is 9.84. The van der Waals surface area contributed by atoms with Crippen molar-refractivity contribution in [2.45, 2.75) is 33.2 Å². The third-order valence-electron chi connectivity index (χ3n) is 2.08. The van der Waals surface area contributed by atoms with Crippen molar-refractivity contribution in [3.63, 3.8) is 0 Å². The van der Waals surface area contributed by atoms with Gasteiger partial charge in [0.05, 0.1) is 5.69 Å². The fraction of sp³-hybridized carbons (Fsp3) is 0.500. The first-order valence-electron chi connectivity index (χ1n) is 4.51. The van der Waals surface area contributed by atoms with Crippen LogP contribution in [0, 0.1) is 6.92 Å². The molecule has 0 bridgehead atoms.